The van der Waals surface area contributed by atoms with Crippen LogP contribution in [0.4, 0.5) is 0 Å². The summed E-state index contributed by atoms with van der Waals surface area (Å²) in [4.78, 5) is 24.2. The molecule has 0 saturated heterocycles. The number of amides is 1. The first-order valence-electron chi connectivity index (χ1n) is 5.10. The molecule has 0 bridgehead atoms. The molecule has 1 rings (SSSR count). The Kier molecular flexibility index (Phi) is 4.45. The predicted octanol–water partition coefficient (Wildman–Crippen LogP) is 1.20. The molecule has 86 valence electrons. The van der Waals surface area contributed by atoms with Gasteiger partial charge in [-0.05, 0) is 26.0 Å². The van der Waals surface area contributed by atoms with Crippen molar-refractivity contribution in [2.45, 2.75) is 38.3 Å². The molecule has 0 radical (unpaired) electrons. The first kappa shape index (κ1) is 12.4. The lowest BCUT2D eigenvalue weighted by Crippen LogP contribution is -2.44. The summed E-state index contributed by atoms with van der Waals surface area (Å²) in [5.74, 6) is -0.185. The maximum atomic E-state index is 11.8. The second-order valence-electron chi connectivity index (χ2n) is 3.79. The van der Waals surface area contributed by atoms with Crippen molar-refractivity contribution in [2.24, 2.45) is 0 Å². The largest absolute Gasteiger partial charge is 0.480 e. The lowest BCUT2D eigenvalue weighted by atomic mass is 10.2. The maximum absolute atomic E-state index is 11.8. The van der Waals surface area contributed by atoms with Gasteiger partial charge in [0.2, 0.25) is 5.91 Å². The van der Waals surface area contributed by atoms with Gasteiger partial charge in [-0.3, -0.25) is 4.79 Å². The highest BCUT2D eigenvalue weighted by atomic mass is 32.2. The molecule has 0 spiro atoms. The number of carboxylic acid groups (broad SMARTS) is 1. The third kappa shape index (κ3) is 3.41. The Balaban J connectivity index is 2.56. The number of hydrogen-bond donors (Lipinski definition) is 1. The highest BCUT2D eigenvalue weighted by molar-refractivity contribution is 7.98. The van der Waals surface area contributed by atoms with E-state index in [1.54, 1.807) is 23.6 Å². The number of nitrogens with zero attached hydrogens (tertiary/aromatic N) is 1. The van der Waals surface area contributed by atoms with E-state index in [9.17, 15) is 9.59 Å². The maximum Gasteiger partial charge on any atom is 0.326 e. The van der Waals surface area contributed by atoms with Crippen molar-refractivity contribution in [1.29, 1.82) is 0 Å². The van der Waals surface area contributed by atoms with Crippen molar-refractivity contribution in [3.05, 3.63) is 0 Å². The van der Waals surface area contributed by atoms with Crippen LogP contribution in [0, 0.1) is 0 Å². The van der Waals surface area contributed by atoms with Gasteiger partial charge in [-0.25, -0.2) is 4.79 Å². The molecule has 1 atom stereocenters. The first-order valence-corrected chi connectivity index (χ1v) is 6.50. The smallest absolute Gasteiger partial charge is 0.326 e. The molecule has 1 saturated carbocycles. The topological polar surface area (TPSA) is 57.6 Å². The van der Waals surface area contributed by atoms with Crippen molar-refractivity contribution in [2.75, 3.05) is 12.0 Å². The normalized spacial score (nSPS) is 17.2. The zero-order valence-corrected chi connectivity index (χ0v) is 9.92. The molecule has 5 heteroatoms. The van der Waals surface area contributed by atoms with Gasteiger partial charge in [0, 0.05) is 18.2 Å². The molecule has 4 nitrogen and oxygen atoms in total. The Morgan fingerprint density at radius 1 is 1.53 bits per heavy atom. The standard InChI is InChI=1S/C10H17NO3S/c1-7(10(13)14)11(8-3-4-8)9(12)5-6-15-2/h7-8H,3-6H2,1-2H3,(H,13,14). The van der Waals surface area contributed by atoms with Crippen LogP contribution in [0.3, 0.4) is 0 Å². The van der Waals surface area contributed by atoms with E-state index in [2.05, 4.69) is 0 Å². The van der Waals surface area contributed by atoms with Crippen LogP contribution in [-0.2, 0) is 9.59 Å². The van der Waals surface area contributed by atoms with Crippen molar-refractivity contribution in [3.8, 4) is 0 Å². The van der Waals surface area contributed by atoms with Gasteiger partial charge < -0.3 is 10.0 Å². The fraction of sp³-hybridized carbons (Fsp3) is 0.800. The first-order chi connectivity index (χ1) is 7.07. The van der Waals surface area contributed by atoms with Crippen molar-refractivity contribution < 1.29 is 14.7 Å². The fourth-order valence-electron chi connectivity index (χ4n) is 1.53. The molecule has 0 aromatic rings. The zero-order chi connectivity index (χ0) is 11.4. The molecule has 1 unspecified atom stereocenters. The van der Waals surface area contributed by atoms with Gasteiger partial charge in [0.15, 0.2) is 0 Å². The minimum atomic E-state index is -0.917. The fourth-order valence-corrected chi connectivity index (χ4v) is 1.90. The Labute approximate surface area is 94.0 Å². The number of thioether (sulfide) groups is 1. The Bertz CT molecular complexity index is 253. The van der Waals surface area contributed by atoms with Crippen LogP contribution < -0.4 is 0 Å². The second kappa shape index (κ2) is 5.39. The molecular weight excluding hydrogens is 214 g/mol. The van der Waals surface area contributed by atoms with Crippen molar-refractivity contribution in [1.82, 2.24) is 4.90 Å². The summed E-state index contributed by atoms with van der Waals surface area (Å²) in [5, 5.41) is 8.90. The molecule has 1 fully saturated rings. The van der Waals surface area contributed by atoms with E-state index in [-0.39, 0.29) is 11.9 Å². The number of carboxylic acids is 1. The lowest BCUT2D eigenvalue weighted by molar-refractivity contribution is -0.149. The lowest BCUT2D eigenvalue weighted by Gasteiger charge is -2.26. The summed E-state index contributed by atoms with van der Waals surface area (Å²) in [6, 6.07) is -0.516. The molecule has 0 heterocycles. The van der Waals surface area contributed by atoms with Crippen LogP contribution in [0.5, 0.6) is 0 Å². The third-order valence-corrected chi connectivity index (χ3v) is 3.14. The van der Waals surface area contributed by atoms with E-state index >= 15 is 0 Å². The second-order valence-corrected chi connectivity index (χ2v) is 4.77. The van der Waals surface area contributed by atoms with E-state index in [0.29, 0.717) is 6.42 Å². The molecule has 1 aliphatic carbocycles. The van der Waals surface area contributed by atoms with Crippen molar-refractivity contribution >= 4 is 23.6 Å². The molecule has 15 heavy (non-hydrogen) atoms. The van der Waals surface area contributed by atoms with Gasteiger partial charge in [-0.1, -0.05) is 0 Å². The monoisotopic (exact) mass is 231 g/mol. The summed E-state index contributed by atoms with van der Waals surface area (Å²) in [5.41, 5.74) is 0. The van der Waals surface area contributed by atoms with E-state index in [0.717, 1.165) is 18.6 Å². The SMILES string of the molecule is CSCCC(=O)N(C1CC1)C(C)C(=O)O. The average Bonchev–Trinajstić information content (AvgIpc) is 2.98. The Morgan fingerprint density at radius 2 is 2.13 bits per heavy atom. The quantitative estimate of drug-likeness (QED) is 0.746. The Morgan fingerprint density at radius 3 is 2.53 bits per heavy atom. The van der Waals surface area contributed by atoms with Gasteiger partial charge in [0.1, 0.15) is 6.04 Å². The van der Waals surface area contributed by atoms with Crippen molar-refractivity contribution in [3.63, 3.8) is 0 Å². The minimum Gasteiger partial charge on any atom is -0.480 e. The summed E-state index contributed by atoms with van der Waals surface area (Å²) < 4.78 is 0. The van der Waals surface area contributed by atoms with Crippen LogP contribution in [0.25, 0.3) is 0 Å². The number of hydrogen-bond acceptors (Lipinski definition) is 3. The summed E-state index contributed by atoms with van der Waals surface area (Å²) in [6.45, 7) is 1.58. The molecule has 0 aliphatic heterocycles. The number of aliphatic carboxylic acids is 1. The minimum absolute atomic E-state index is 0.0262. The van der Waals surface area contributed by atoms with Crippen LogP contribution in [0.15, 0.2) is 0 Å². The summed E-state index contributed by atoms with van der Waals surface area (Å²) in [7, 11) is 0. The van der Waals surface area contributed by atoms with Gasteiger partial charge in [0.25, 0.3) is 0 Å². The van der Waals surface area contributed by atoms with Crippen LogP contribution in [0.1, 0.15) is 26.2 Å². The average molecular weight is 231 g/mol. The van der Waals surface area contributed by atoms with Crippen LogP contribution in [0.2, 0.25) is 0 Å². The number of carbonyl (C=O) groups excluding carboxylic acids is 1. The molecule has 1 aliphatic rings. The van der Waals surface area contributed by atoms with Gasteiger partial charge in [-0.2, -0.15) is 11.8 Å². The van der Waals surface area contributed by atoms with Crippen LogP contribution in [-0.4, -0.2) is 46.0 Å². The highest BCUT2D eigenvalue weighted by Crippen LogP contribution is 2.29. The molecule has 0 aromatic heterocycles. The van der Waals surface area contributed by atoms with Gasteiger partial charge >= 0.3 is 5.97 Å². The third-order valence-electron chi connectivity index (χ3n) is 2.52. The predicted molar refractivity (Wildman–Crippen MR) is 60.0 cm³/mol. The van der Waals surface area contributed by atoms with Gasteiger partial charge in [-0.15, -0.1) is 0 Å². The molecule has 1 N–H and O–H groups in total. The number of rotatable bonds is 6. The zero-order valence-electron chi connectivity index (χ0n) is 9.10. The van der Waals surface area contributed by atoms with Gasteiger partial charge in [0.05, 0.1) is 0 Å². The van der Waals surface area contributed by atoms with E-state index < -0.39 is 12.0 Å². The summed E-state index contributed by atoms with van der Waals surface area (Å²) >= 11 is 1.60. The molecule has 1 amide bonds. The van der Waals surface area contributed by atoms with E-state index in [1.165, 1.54) is 0 Å². The number of carbonyl (C=O) groups is 2. The van der Waals surface area contributed by atoms with E-state index in [1.807, 2.05) is 6.26 Å². The van der Waals surface area contributed by atoms with Crippen LogP contribution >= 0.6 is 11.8 Å². The Hall–Kier alpha value is -0.710. The summed E-state index contributed by atoms with van der Waals surface area (Å²) in [6.07, 6.45) is 4.27. The molecular formula is C10H17NO3S. The van der Waals surface area contributed by atoms with E-state index in [4.69, 9.17) is 5.11 Å². The highest BCUT2D eigenvalue weighted by Gasteiger charge is 2.37. The molecule has 0 aromatic carbocycles.